The van der Waals surface area contributed by atoms with Crippen LogP contribution in [-0.4, -0.2) is 5.78 Å². The van der Waals surface area contributed by atoms with Crippen LogP contribution in [0.1, 0.15) is 71.1 Å². The summed E-state index contributed by atoms with van der Waals surface area (Å²) in [5.74, 6) is 1.62. The van der Waals surface area contributed by atoms with Crippen molar-refractivity contribution in [2.24, 2.45) is 11.8 Å². The second-order valence-corrected chi connectivity index (χ2v) is 5.92. The summed E-state index contributed by atoms with van der Waals surface area (Å²) in [5, 5.41) is 0. The smallest absolute Gasteiger partial charge is 0.159 e. The first-order valence-corrected chi connectivity index (χ1v) is 7.52. The number of allylic oxidation sites excluding steroid dienone is 2. The third-order valence-corrected chi connectivity index (χ3v) is 4.50. The van der Waals surface area contributed by atoms with Crippen LogP contribution < -0.4 is 0 Å². The van der Waals surface area contributed by atoms with Crippen LogP contribution in [0, 0.1) is 11.8 Å². The second kappa shape index (κ2) is 6.37. The van der Waals surface area contributed by atoms with Crippen molar-refractivity contribution in [3.8, 4) is 0 Å². The molecule has 17 heavy (non-hydrogen) atoms. The lowest BCUT2D eigenvalue weighted by atomic mass is 9.88. The van der Waals surface area contributed by atoms with E-state index in [1.807, 2.05) is 0 Å². The predicted molar refractivity (Wildman–Crippen MR) is 71.9 cm³/mol. The van der Waals surface area contributed by atoms with Crippen molar-refractivity contribution in [1.29, 1.82) is 0 Å². The Kier molecular flexibility index (Phi) is 4.82. The number of hydrogen-bond acceptors (Lipinski definition) is 1. The molecule has 0 aromatic carbocycles. The third-order valence-electron chi connectivity index (χ3n) is 4.50. The molecule has 96 valence electrons. The fraction of sp³-hybridized carbons (Fsp3) is 0.812. The zero-order chi connectivity index (χ0) is 12.1. The van der Waals surface area contributed by atoms with E-state index in [1.54, 1.807) is 0 Å². The van der Waals surface area contributed by atoms with Gasteiger partial charge in [-0.05, 0) is 36.7 Å². The average molecular weight is 234 g/mol. The molecular formula is C16H26O. The van der Waals surface area contributed by atoms with E-state index < -0.39 is 0 Å². The summed E-state index contributed by atoms with van der Waals surface area (Å²) in [5.41, 5.74) is 1.19. The Balaban J connectivity index is 2.03. The summed E-state index contributed by atoms with van der Waals surface area (Å²) in [6, 6.07) is 0. The highest BCUT2D eigenvalue weighted by atomic mass is 16.1. The van der Waals surface area contributed by atoms with E-state index in [4.69, 9.17) is 0 Å². The molecule has 0 amide bonds. The summed E-state index contributed by atoms with van der Waals surface area (Å²) in [4.78, 5) is 12.0. The molecule has 0 saturated heterocycles. The highest BCUT2D eigenvalue weighted by Crippen LogP contribution is 2.37. The van der Waals surface area contributed by atoms with E-state index in [2.05, 4.69) is 13.0 Å². The molecule has 0 aromatic heterocycles. The van der Waals surface area contributed by atoms with Gasteiger partial charge in [-0.1, -0.05) is 51.5 Å². The largest absolute Gasteiger partial charge is 0.295 e. The predicted octanol–water partition coefficient (Wildman–Crippen LogP) is 4.66. The summed E-state index contributed by atoms with van der Waals surface area (Å²) in [6.45, 7) is 2.26. The maximum Gasteiger partial charge on any atom is 0.159 e. The summed E-state index contributed by atoms with van der Waals surface area (Å²) >= 11 is 0. The summed E-state index contributed by atoms with van der Waals surface area (Å²) in [7, 11) is 0. The Morgan fingerprint density at radius 3 is 2.41 bits per heavy atom. The van der Waals surface area contributed by atoms with Gasteiger partial charge in [0.15, 0.2) is 5.78 Å². The average Bonchev–Trinajstić information content (AvgIpc) is 2.54. The van der Waals surface area contributed by atoms with E-state index in [0.717, 1.165) is 12.8 Å². The quantitative estimate of drug-likeness (QED) is 0.595. The summed E-state index contributed by atoms with van der Waals surface area (Å²) in [6.07, 6.45) is 15.0. The van der Waals surface area contributed by atoms with Crippen molar-refractivity contribution in [3.05, 3.63) is 11.6 Å². The van der Waals surface area contributed by atoms with Crippen LogP contribution >= 0.6 is 0 Å². The highest BCUT2D eigenvalue weighted by Gasteiger charge is 2.33. The first kappa shape index (κ1) is 12.9. The van der Waals surface area contributed by atoms with Crippen LogP contribution in [0.3, 0.4) is 0 Å². The molecule has 2 atom stereocenters. The van der Waals surface area contributed by atoms with E-state index >= 15 is 0 Å². The lowest BCUT2D eigenvalue weighted by Crippen LogP contribution is -2.07. The molecule has 0 aliphatic heterocycles. The van der Waals surface area contributed by atoms with Gasteiger partial charge in [0.2, 0.25) is 0 Å². The Morgan fingerprint density at radius 2 is 1.65 bits per heavy atom. The topological polar surface area (TPSA) is 17.1 Å². The van der Waals surface area contributed by atoms with Gasteiger partial charge in [0.05, 0.1) is 0 Å². The highest BCUT2D eigenvalue weighted by molar-refractivity contribution is 5.98. The van der Waals surface area contributed by atoms with Crippen molar-refractivity contribution in [3.63, 3.8) is 0 Å². The molecule has 2 rings (SSSR count). The molecule has 1 saturated carbocycles. The van der Waals surface area contributed by atoms with E-state index in [1.165, 1.54) is 56.9 Å². The SMILES string of the molecule is C[C@H]1CC(=O)/C2=C\CCCCCCCCC[C@H]21. The van der Waals surface area contributed by atoms with Crippen LogP contribution in [0.4, 0.5) is 0 Å². The molecule has 0 heterocycles. The molecule has 0 aromatic rings. The number of hydrogen-bond donors (Lipinski definition) is 0. The van der Waals surface area contributed by atoms with Gasteiger partial charge in [-0.15, -0.1) is 0 Å². The Labute approximate surface area is 106 Å². The van der Waals surface area contributed by atoms with Crippen molar-refractivity contribution >= 4 is 5.78 Å². The minimum Gasteiger partial charge on any atom is -0.295 e. The molecule has 1 nitrogen and oxygen atoms in total. The zero-order valence-corrected chi connectivity index (χ0v) is 11.2. The van der Waals surface area contributed by atoms with E-state index in [-0.39, 0.29) is 0 Å². The molecule has 2 aliphatic carbocycles. The van der Waals surface area contributed by atoms with Gasteiger partial charge >= 0.3 is 0 Å². The molecule has 0 N–H and O–H groups in total. The van der Waals surface area contributed by atoms with Crippen LogP contribution in [-0.2, 0) is 4.79 Å². The first-order chi connectivity index (χ1) is 8.29. The monoisotopic (exact) mass is 234 g/mol. The summed E-state index contributed by atoms with van der Waals surface area (Å²) < 4.78 is 0. The van der Waals surface area contributed by atoms with Gasteiger partial charge in [-0.2, -0.15) is 0 Å². The van der Waals surface area contributed by atoms with Gasteiger partial charge in [-0.25, -0.2) is 0 Å². The molecule has 0 unspecified atom stereocenters. The number of carbonyl (C=O) groups is 1. The van der Waals surface area contributed by atoms with Gasteiger partial charge < -0.3 is 0 Å². The second-order valence-electron chi connectivity index (χ2n) is 5.92. The minimum atomic E-state index is 0.444. The molecule has 0 radical (unpaired) electrons. The molecule has 1 fully saturated rings. The fourth-order valence-electron chi connectivity index (χ4n) is 3.42. The molecule has 1 heteroatoms. The first-order valence-electron chi connectivity index (χ1n) is 7.52. The van der Waals surface area contributed by atoms with E-state index in [9.17, 15) is 4.79 Å². The molecular weight excluding hydrogens is 208 g/mol. The lowest BCUT2D eigenvalue weighted by molar-refractivity contribution is -0.114. The number of Topliss-reactive ketones (excluding diaryl/α,β-unsaturated/α-hetero) is 1. The number of fused-ring (bicyclic) bond motifs is 1. The third kappa shape index (κ3) is 3.43. The van der Waals surface area contributed by atoms with Gasteiger partial charge in [-0.3, -0.25) is 4.79 Å². The normalized spacial score (nSPS) is 35.4. The lowest BCUT2D eigenvalue weighted by Gasteiger charge is -2.16. The van der Waals surface area contributed by atoms with Gasteiger partial charge in [0.1, 0.15) is 0 Å². The van der Waals surface area contributed by atoms with Crippen LogP contribution in [0.5, 0.6) is 0 Å². The fourth-order valence-corrected chi connectivity index (χ4v) is 3.42. The molecule has 0 spiro atoms. The van der Waals surface area contributed by atoms with Crippen molar-refractivity contribution in [2.75, 3.05) is 0 Å². The molecule has 2 aliphatic rings. The Hall–Kier alpha value is -0.590. The number of ketones is 1. The minimum absolute atomic E-state index is 0.444. The van der Waals surface area contributed by atoms with Crippen LogP contribution in [0.15, 0.2) is 11.6 Å². The maximum atomic E-state index is 12.0. The maximum absolute atomic E-state index is 12.0. The van der Waals surface area contributed by atoms with Gasteiger partial charge in [0.25, 0.3) is 0 Å². The molecule has 0 bridgehead atoms. The van der Waals surface area contributed by atoms with Crippen LogP contribution in [0.25, 0.3) is 0 Å². The van der Waals surface area contributed by atoms with Crippen molar-refractivity contribution in [2.45, 2.75) is 71.1 Å². The Bertz CT molecular complexity index is 290. The van der Waals surface area contributed by atoms with Crippen molar-refractivity contribution in [1.82, 2.24) is 0 Å². The van der Waals surface area contributed by atoms with Crippen molar-refractivity contribution < 1.29 is 4.79 Å². The zero-order valence-electron chi connectivity index (χ0n) is 11.2. The number of carbonyl (C=O) groups excluding carboxylic acids is 1. The van der Waals surface area contributed by atoms with Gasteiger partial charge in [0, 0.05) is 6.42 Å². The Morgan fingerprint density at radius 1 is 1.00 bits per heavy atom. The standard InChI is InChI=1S/C16H26O/c1-13-12-16(17)15-11-9-7-5-3-2-4-6-8-10-14(13)15/h11,13-14H,2-10,12H2,1H3/b15-11-/t13-,14-/m0/s1. The number of rotatable bonds is 0. The van der Waals surface area contributed by atoms with E-state index in [0.29, 0.717) is 17.6 Å². The van der Waals surface area contributed by atoms with Crippen LogP contribution in [0.2, 0.25) is 0 Å².